The van der Waals surface area contributed by atoms with Crippen molar-refractivity contribution in [3.8, 4) is 0 Å². The SMILES string of the molecule is CCO[Si](C)(CCCCC(=O)/C=C\C(=O)O)OCC. The van der Waals surface area contributed by atoms with Crippen LogP contribution in [-0.2, 0) is 18.4 Å². The lowest BCUT2D eigenvalue weighted by atomic mass is 10.2. The third-order valence-electron chi connectivity index (χ3n) is 2.62. The van der Waals surface area contributed by atoms with Gasteiger partial charge < -0.3 is 14.0 Å². The van der Waals surface area contributed by atoms with E-state index in [2.05, 4.69) is 0 Å². The highest BCUT2D eigenvalue weighted by molar-refractivity contribution is 6.66. The van der Waals surface area contributed by atoms with E-state index in [1.54, 1.807) is 0 Å². The molecule has 0 radical (unpaired) electrons. The molecule has 1 N–H and O–H groups in total. The van der Waals surface area contributed by atoms with Crippen molar-refractivity contribution in [1.29, 1.82) is 0 Å². The van der Waals surface area contributed by atoms with Crippen molar-refractivity contribution in [3.63, 3.8) is 0 Å². The van der Waals surface area contributed by atoms with Crippen molar-refractivity contribution in [2.24, 2.45) is 0 Å². The summed E-state index contributed by atoms with van der Waals surface area (Å²) in [5, 5.41) is 8.39. The molecule has 0 aliphatic rings. The van der Waals surface area contributed by atoms with E-state index in [0.717, 1.165) is 31.0 Å². The van der Waals surface area contributed by atoms with E-state index in [0.29, 0.717) is 19.6 Å². The molecule has 0 aromatic rings. The molecular formula is C13H24O5Si. The first kappa shape index (κ1) is 18.0. The number of unbranched alkanes of at least 4 members (excludes halogenated alkanes) is 1. The number of allylic oxidation sites excluding steroid dienone is 1. The minimum Gasteiger partial charge on any atom is -0.478 e. The van der Waals surface area contributed by atoms with Gasteiger partial charge in [0.15, 0.2) is 5.78 Å². The van der Waals surface area contributed by atoms with Crippen LogP contribution in [-0.4, -0.2) is 38.6 Å². The summed E-state index contributed by atoms with van der Waals surface area (Å²) < 4.78 is 11.4. The van der Waals surface area contributed by atoms with Crippen LogP contribution in [0.5, 0.6) is 0 Å². The minimum absolute atomic E-state index is 0.154. The van der Waals surface area contributed by atoms with Crippen LogP contribution in [0.1, 0.15) is 33.1 Å². The fourth-order valence-corrected chi connectivity index (χ4v) is 4.28. The Morgan fingerprint density at radius 2 is 1.68 bits per heavy atom. The second-order valence-electron chi connectivity index (χ2n) is 4.34. The van der Waals surface area contributed by atoms with E-state index in [1.165, 1.54) is 0 Å². The molecule has 0 saturated heterocycles. The molecule has 0 rings (SSSR count). The molecule has 110 valence electrons. The normalized spacial score (nSPS) is 11.9. The van der Waals surface area contributed by atoms with Gasteiger partial charge in [-0.25, -0.2) is 4.79 Å². The Bertz CT molecular complexity index is 308. The van der Waals surface area contributed by atoms with Gasteiger partial charge in [-0.05, 0) is 38.9 Å². The van der Waals surface area contributed by atoms with Crippen LogP contribution in [0.2, 0.25) is 12.6 Å². The predicted molar refractivity (Wildman–Crippen MR) is 75.3 cm³/mol. The molecule has 0 fully saturated rings. The highest BCUT2D eigenvalue weighted by Crippen LogP contribution is 2.18. The average molecular weight is 288 g/mol. The summed E-state index contributed by atoms with van der Waals surface area (Å²) in [4.78, 5) is 21.6. The number of aliphatic carboxylic acids is 1. The lowest BCUT2D eigenvalue weighted by molar-refractivity contribution is -0.131. The largest absolute Gasteiger partial charge is 0.478 e. The first-order chi connectivity index (χ1) is 8.93. The van der Waals surface area contributed by atoms with Gasteiger partial charge in [-0.15, -0.1) is 0 Å². The monoisotopic (exact) mass is 288 g/mol. The lowest BCUT2D eigenvalue weighted by Crippen LogP contribution is -2.38. The molecule has 0 atom stereocenters. The van der Waals surface area contributed by atoms with E-state index >= 15 is 0 Å². The quantitative estimate of drug-likeness (QED) is 0.359. The number of hydrogen-bond acceptors (Lipinski definition) is 4. The highest BCUT2D eigenvalue weighted by Gasteiger charge is 2.29. The third kappa shape index (κ3) is 9.58. The van der Waals surface area contributed by atoms with E-state index in [9.17, 15) is 9.59 Å². The fourth-order valence-electron chi connectivity index (χ4n) is 1.79. The van der Waals surface area contributed by atoms with Crippen LogP contribution in [0.15, 0.2) is 12.2 Å². The van der Waals surface area contributed by atoms with Gasteiger partial charge in [-0.1, -0.05) is 6.42 Å². The Balaban J connectivity index is 3.94. The molecule has 6 heteroatoms. The number of carboxylic acid groups (broad SMARTS) is 1. The van der Waals surface area contributed by atoms with E-state index in [-0.39, 0.29) is 5.78 Å². The smallest absolute Gasteiger partial charge is 0.334 e. The molecule has 0 saturated carbocycles. The number of hydrogen-bond donors (Lipinski definition) is 1. The summed E-state index contributed by atoms with van der Waals surface area (Å²) >= 11 is 0. The van der Waals surface area contributed by atoms with Crippen molar-refractivity contribution in [2.75, 3.05) is 13.2 Å². The van der Waals surface area contributed by atoms with E-state index in [4.69, 9.17) is 14.0 Å². The summed E-state index contributed by atoms with van der Waals surface area (Å²) in [7, 11) is -2.08. The average Bonchev–Trinajstić information content (AvgIpc) is 2.33. The molecule has 19 heavy (non-hydrogen) atoms. The molecule has 0 aromatic heterocycles. The van der Waals surface area contributed by atoms with Crippen molar-refractivity contribution in [2.45, 2.75) is 45.7 Å². The summed E-state index contributed by atoms with van der Waals surface area (Å²) in [6.45, 7) is 7.22. The first-order valence-electron chi connectivity index (χ1n) is 6.65. The number of rotatable bonds is 11. The molecule has 0 aromatic carbocycles. The maximum absolute atomic E-state index is 11.3. The molecular weight excluding hydrogens is 264 g/mol. The maximum Gasteiger partial charge on any atom is 0.334 e. The Labute approximate surface area is 115 Å². The summed E-state index contributed by atoms with van der Waals surface area (Å²) in [5.41, 5.74) is 0. The van der Waals surface area contributed by atoms with E-state index < -0.39 is 14.5 Å². The summed E-state index contributed by atoms with van der Waals surface area (Å²) in [6.07, 6.45) is 3.94. The molecule has 0 unspecified atom stereocenters. The Morgan fingerprint density at radius 1 is 1.11 bits per heavy atom. The molecule has 0 heterocycles. The van der Waals surface area contributed by atoms with Crippen molar-refractivity contribution < 1.29 is 23.5 Å². The van der Waals surface area contributed by atoms with Gasteiger partial charge in [0, 0.05) is 25.7 Å². The Morgan fingerprint density at radius 3 is 2.16 bits per heavy atom. The van der Waals surface area contributed by atoms with Gasteiger partial charge in [0.2, 0.25) is 0 Å². The second-order valence-corrected chi connectivity index (χ2v) is 7.69. The van der Waals surface area contributed by atoms with Gasteiger partial charge in [-0.2, -0.15) is 0 Å². The van der Waals surface area contributed by atoms with Gasteiger partial charge in [0.25, 0.3) is 0 Å². The zero-order valence-corrected chi connectivity index (χ0v) is 13.0. The highest BCUT2D eigenvalue weighted by atomic mass is 28.4. The number of ketones is 1. The van der Waals surface area contributed by atoms with Crippen LogP contribution in [0.25, 0.3) is 0 Å². The Hall–Kier alpha value is -0.983. The molecule has 0 spiro atoms. The summed E-state index contributed by atoms with van der Waals surface area (Å²) in [6, 6.07) is 0.852. The van der Waals surface area contributed by atoms with Gasteiger partial charge >= 0.3 is 14.5 Å². The number of carbonyl (C=O) groups is 2. The van der Waals surface area contributed by atoms with Crippen molar-refractivity contribution >= 4 is 20.3 Å². The van der Waals surface area contributed by atoms with Crippen LogP contribution in [0.3, 0.4) is 0 Å². The second kappa shape index (κ2) is 9.88. The summed E-state index contributed by atoms with van der Waals surface area (Å²) in [5.74, 6) is -1.25. The van der Waals surface area contributed by atoms with Crippen molar-refractivity contribution in [1.82, 2.24) is 0 Å². The number of carbonyl (C=O) groups excluding carboxylic acids is 1. The van der Waals surface area contributed by atoms with Gasteiger partial charge in [-0.3, -0.25) is 4.79 Å². The van der Waals surface area contributed by atoms with Crippen LogP contribution in [0.4, 0.5) is 0 Å². The zero-order chi connectivity index (χ0) is 14.7. The topological polar surface area (TPSA) is 72.8 Å². The fraction of sp³-hybridized carbons (Fsp3) is 0.692. The number of carboxylic acids is 1. The van der Waals surface area contributed by atoms with Crippen LogP contribution < -0.4 is 0 Å². The Kier molecular flexibility index (Phi) is 9.37. The molecule has 0 bridgehead atoms. The molecule has 5 nitrogen and oxygen atoms in total. The maximum atomic E-state index is 11.3. The first-order valence-corrected chi connectivity index (χ1v) is 9.17. The molecule has 0 aliphatic carbocycles. The third-order valence-corrected chi connectivity index (χ3v) is 5.68. The van der Waals surface area contributed by atoms with Crippen LogP contribution in [0, 0.1) is 0 Å². The molecule has 0 amide bonds. The zero-order valence-electron chi connectivity index (χ0n) is 12.0. The predicted octanol–water partition coefficient (Wildman–Crippen LogP) is 2.51. The minimum atomic E-state index is -2.08. The van der Waals surface area contributed by atoms with Crippen LogP contribution >= 0.6 is 0 Å². The van der Waals surface area contributed by atoms with Gasteiger partial charge in [0.05, 0.1) is 0 Å². The standard InChI is InChI=1S/C13H24O5Si/c1-4-17-19(3,18-5-2)11-7-6-8-12(14)9-10-13(15)16/h9-10H,4-8,11H2,1-3H3,(H,15,16)/b10-9-. The lowest BCUT2D eigenvalue weighted by Gasteiger charge is -2.25. The van der Waals surface area contributed by atoms with Crippen molar-refractivity contribution in [3.05, 3.63) is 12.2 Å². The van der Waals surface area contributed by atoms with E-state index in [1.807, 2.05) is 20.4 Å². The molecule has 0 aliphatic heterocycles. The van der Waals surface area contributed by atoms with Gasteiger partial charge in [0.1, 0.15) is 0 Å².